The molecule has 0 radical (unpaired) electrons. The average Bonchev–Trinajstić information content (AvgIpc) is 2.95. The van der Waals surface area contributed by atoms with E-state index in [1.54, 1.807) is 0 Å². The van der Waals surface area contributed by atoms with E-state index in [0.717, 1.165) is 0 Å². The number of hydrogen-bond acceptors (Lipinski definition) is 2. The van der Waals surface area contributed by atoms with Crippen molar-refractivity contribution in [3.8, 4) is 0 Å². The molecule has 3 rings (SSSR count). The third-order valence-electron chi connectivity index (χ3n) is 3.68. The van der Waals surface area contributed by atoms with Gasteiger partial charge in [0.05, 0.1) is 0 Å². The molecule has 0 spiro atoms. The number of aryl methyl sites for hydroxylation is 2. The van der Waals surface area contributed by atoms with Crippen LogP contribution in [0.5, 0.6) is 0 Å². The lowest BCUT2D eigenvalue weighted by Crippen LogP contribution is -1.87. The zero-order chi connectivity index (χ0) is 14.3. The molecule has 20 heavy (non-hydrogen) atoms. The van der Waals surface area contributed by atoms with Crippen LogP contribution in [0.1, 0.15) is 16.7 Å². The van der Waals surface area contributed by atoms with Crippen LogP contribution in [-0.4, -0.2) is 12.5 Å². The Labute approximate surface area is 129 Å². The molecule has 1 aromatic rings. The van der Waals surface area contributed by atoms with Crippen LogP contribution >= 0.6 is 23.5 Å². The van der Waals surface area contributed by atoms with Gasteiger partial charge in [0.15, 0.2) is 0 Å². The van der Waals surface area contributed by atoms with Crippen LogP contribution in [0.3, 0.4) is 0 Å². The molecular weight excluding hydrogens is 280 g/mol. The Kier molecular flexibility index (Phi) is 3.70. The van der Waals surface area contributed by atoms with Crippen molar-refractivity contribution in [1.82, 2.24) is 0 Å². The number of hydrogen-bond donors (Lipinski definition) is 0. The van der Waals surface area contributed by atoms with Gasteiger partial charge in [-0.1, -0.05) is 29.3 Å². The van der Waals surface area contributed by atoms with Crippen LogP contribution in [0.15, 0.2) is 57.4 Å². The van der Waals surface area contributed by atoms with Gasteiger partial charge in [-0.15, -0.1) is 23.5 Å². The minimum absolute atomic E-state index is 1.33. The Morgan fingerprint density at radius 2 is 1.45 bits per heavy atom. The van der Waals surface area contributed by atoms with Gasteiger partial charge in [-0.05, 0) is 66.9 Å². The summed E-state index contributed by atoms with van der Waals surface area (Å²) in [6.45, 7) is 4.34. The van der Waals surface area contributed by atoms with E-state index in [2.05, 4.69) is 62.8 Å². The quantitative estimate of drug-likeness (QED) is 0.722. The highest BCUT2D eigenvalue weighted by molar-refractivity contribution is 8.03. The Morgan fingerprint density at radius 1 is 0.750 bits per heavy atom. The van der Waals surface area contributed by atoms with Crippen LogP contribution in [0, 0.1) is 13.8 Å². The fourth-order valence-corrected chi connectivity index (χ4v) is 3.95. The first-order valence-corrected chi connectivity index (χ1v) is 9.14. The van der Waals surface area contributed by atoms with E-state index in [1.165, 1.54) is 43.2 Å². The number of benzene rings is 1. The summed E-state index contributed by atoms with van der Waals surface area (Å²) in [4.78, 5) is 2.74. The fourth-order valence-electron chi connectivity index (χ4n) is 2.85. The SMILES string of the molecule is CSC1=CC2=C(c3cc(C)cc(C)c3)C=C(SC)C2=C1. The van der Waals surface area contributed by atoms with Gasteiger partial charge >= 0.3 is 0 Å². The molecule has 0 fully saturated rings. The zero-order valence-corrected chi connectivity index (χ0v) is 13.9. The molecule has 0 amide bonds. The molecule has 0 atom stereocenters. The maximum absolute atomic E-state index is 2.34. The molecule has 2 aliphatic carbocycles. The number of thioether (sulfide) groups is 2. The maximum atomic E-state index is 2.34. The zero-order valence-electron chi connectivity index (χ0n) is 12.3. The summed E-state index contributed by atoms with van der Waals surface area (Å²) >= 11 is 3.66. The summed E-state index contributed by atoms with van der Waals surface area (Å²) in [5.74, 6) is 0. The number of allylic oxidation sites excluding steroid dienone is 6. The van der Waals surface area contributed by atoms with Crippen molar-refractivity contribution in [3.63, 3.8) is 0 Å². The molecule has 1 aromatic carbocycles. The molecule has 0 aliphatic heterocycles. The first kappa shape index (κ1) is 13.8. The Bertz CT molecular complexity index is 680. The molecule has 0 bridgehead atoms. The molecule has 0 heterocycles. The van der Waals surface area contributed by atoms with Gasteiger partial charge in [0.25, 0.3) is 0 Å². The van der Waals surface area contributed by atoms with Crippen molar-refractivity contribution in [2.75, 3.05) is 12.5 Å². The summed E-state index contributed by atoms with van der Waals surface area (Å²) in [5, 5.41) is 0. The van der Waals surface area contributed by atoms with Crippen LogP contribution < -0.4 is 0 Å². The highest BCUT2D eigenvalue weighted by atomic mass is 32.2. The molecule has 0 unspecified atom stereocenters. The smallest absolute Gasteiger partial charge is 0.0155 e. The molecule has 0 aromatic heterocycles. The summed E-state index contributed by atoms with van der Waals surface area (Å²) in [6.07, 6.45) is 11.3. The Balaban J connectivity index is 2.16. The fraction of sp³-hybridized carbons (Fsp3) is 0.222. The van der Waals surface area contributed by atoms with Crippen LogP contribution in [0.25, 0.3) is 5.57 Å². The van der Waals surface area contributed by atoms with Crippen molar-refractivity contribution in [2.24, 2.45) is 0 Å². The summed E-state index contributed by atoms with van der Waals surface area (Å²) < 4.78 is 0. The predicted molar refractivity (Wildman–Crippen MR) is 94.1 cm³/mol. The predicted octanol–water partition coefficient (Wildman–Crippen LogP) is 5.50. The summed E-state index contributed by atoms with van der Waals surface area (Å²) in [5.41, 5.74) is 8.16. The van der Waals surface area contributed by atoms with Crippen molar-refractivity contribution in [1.29, 1.82) is 0 Å². The van der Waals surface area contributed by atoms with E-state index in [9.17, 15) is 0 Å². The summed E-state index contributed by atoms with van der Waals surface area (Å²) in [6, 6.07) is 6.81. The average molecular weight is 298 g/mol. The van der Waals surface area contributed by atoms with Gasteiger partial charge in [0.1, 0.15) is 0 Å². The van der Waals surface area contributed by atoms with Crippen molar-refractivity contribution in [3.05, 3.63) is 74.1 Å². The first-order valence-electron chi connectivity index (χ1n) is 6.69. The third kappa shape index (κ3) is 2.32. The number of rotatable bonds is 3. The van der Waals surface area contributed by atoms with E-state index in [1.807, 2.05) is 23.5 Å². The highest BCUT2D eigenvalue weighted by Gasteiger charge is 2.25. The van der Waals surface area contributed by atoms with E-state index in [0.29, 0.717) is 0 Å². The molecule has 2 heteroatoms. The molecule has 0 nitrogen and oxygen atoms in total. The van der Waals surface area contributed by atoms with Gasteiger partial charge in [-0.25, -0.2) is 0 Å². The van der Waals surface area contributed by atoms with Gasteiger partial charge < -0.3 is 0 Å². The molecular formula is C18H18S2. The number of fused-ring (bicyclic) bond motifs is 1. The Morgan fingerprint density at radius 3 is 2.05 bits per heavy atom. The highest BCUT2D eigenvalue weighted by Crippen LogP contribution is 2.46. The first-order chi connectivity index (χ1) is 9.62. The minimum atomic E-state index is 1.33. The third-order valence-corrected chi connectivity index (χ3v) is 5.17. The molecule has 0 N–H and O–H groups in total. The second kappa shape index (κ2) is 5.34. The molecule has 102 valence electrons. The van der Waals surface area contributed by atoms with E-state index < -0.39 is 0 Å². The van der Waals surface area contributed by atoms with Crippen LogP contribution in [-0.2, 0) is 0 Å². The molecule has 0 saturated carbocycles. The Hall–Kier alpha value is -1.12. The van der Waals surface area contributed by atoms with E-state index in [4.69, 9.17) is 0 Å². The van der Waals surface area contributed by atoms with Crippen LogP contribution in [0.2, 0.25) is 0 Å². The lowest BCUT2D eigenvalue weighted by atomic mass is 9.98. The minimum Gasteiger partial charge on any atom is -0.130 e. The lowest BCUT2D eigenvalue weighted by molar-refractivity contribution is 1.37. The normalized spacial score (nSPS) is 17.1. The van der Waals surface area contributed by atoms with Gasteiger partial charge in [-0.3, -0.25) is 0 Å². The largest absolute Gasteiger partial charge is 0.130 e. The second-order valence-electron chi connectivity index (χ2n) is 5.23. The van der Waals surface area contributed by atoms with Gasteiger partial charge in [0, 0.05) is 9.81 Å². The van der Waals surface area contributed by atoms with Crippen LogP contribution in [0.4, 0.5) is 0 Å². The molecule has 0 saturated heterocycles. The van der Waals surface area contributed by atoms with Crippen molar-refractivity contribution < 1.29 is 0 Å². The van der Waals surface area contributed by atoms with Gasteiger partial charge in [0.2, 0.25) is 0 Å². The van der Waals surface area contributed by atoms with E-state index >= 15 is 0 Å². The second-order valence-corrected chi connectivity index (χ2v) is 6.95. The topological polar surface area (TPSA) is 0 Å². The summed E-state index contributed by atoms with van der Waals surface area (Å²) in [7, 11) is 0. The molecule has 2 aliphatic rings. The standard InChI is InChI=1S/C18H18S2/c1-11-5-12(2)7-13(6-11)15-10-18(20-4)17-9-14(19-3)8-16(15)17/h5-10H,1-4H3. The van der Waals surface area contributed by atoms with E-state index in [-0.39, 0.29) is 0 Å². The monoisotopic (exact) mass is 298 g/mol. The maximum Gasteiger partial charge on any atom is 0.0155 e. The van der Waals surface area contributed by atoms with Crippen molar-refractivity contribution >= 4 is 29.1 Å². The van der Waals surface area contributed by atoms with Gasteiger partial charge in [-0.2, -0.15) is 0 Å². The van der Waals surface area contributed by atoms with Crippen molar-refractivity contribution in [2.45, 2.75) is 13.8 Å². The lowest BCUT2D eigenvalue weighted by Gasteiger charge is -2.06.